The van der Waals surface area contributed by atoms with Gasteiger partial charge in [0.15, 0.2) is 11.5 Å². The van der Waals surface area contributed by atoms with Crippen LogP contribution in [0.4, 0.5) is 11.4 Å². The van der Waals surface area contributed by atoms with Crippen LogP contribution in [0.5, 0.6) is 11.5 Å². The fraction of sp³-hybridized carbons (Fsp3) is 0.136. The Morgan fingerprint density at radius 1 is 0.900 bits per heavy atom. The third-order valence-electron chi connectivity index (χ3n) is 4.69. The molecule has 4 rings (SSSR count). The third kappa shape index (κ3) is 3.95. The topological polar surface area (TPSA) is 84.9 Å². The van der Waals surface area contributed by atoms with Crippen molar-refractivity contribution in [2.24, 2.45) is 0 Å². The summed E-state index contributed by atoms with van der Waals surface area (Å²) in [5, 5.41) is 2.78. The normalized spacial score (nSPS) is 12.8. The second-order valence-electron chi connectivity index (χ2n) is 6.65. The molecule has 1 heterocycles. The first-order valence-corrected chi connectivity index (χ1v) is 10.7. The number of para-hydroxylation sites is 1. The van der Waals surface area contributed by atoms with Gasteiger partial charge in [0, 0.05) is 24.4 Å². The lowest BCUT2D eigenvalue weighted by Crippen LogP contribution is -2.26. The van der Waals surface area contributed by atoms with Crippen LogP contribution in [-0.2, 0) is 10.0 Å². The Morgan fingerprint density at radius 3 is 2.27 bits per heavy atom. The molecule has 0 radical (unpaired) electrons. The number of benzene rings is 3. The molecule has 7 nitrogen and oxygen atoms in total. The SMILES string of the molecule is CN(c1ccccc1)S(=O)(=O)c1ccc(C(=O)Nc2ccc3c(c2)OCCO3)cc1. The summed E-state index contributed by atoms with van der Waals surface area (Å²) < 4.78 is 37.9. The molecular weight excluding hydrogens is 404 g/mol. The van der Waals surface area contributed by atoms with E-state index in [1.807, 2.05) is 6.07 Å². The molecule has 1 amide bonds. The Labute approximate surface area is 174 Å². The molecule has 30 heavy (non-hydrogen) atoms. The zero-order chi connectivity index (χ0) is 21.1. The predicted molar refractivity (Wildman–Crippen MR) is 114 cm³/mol. The van der Waals surface area contributed by atoms with Crippen LogP contribution in [0.25, 0.3) is 0 Å². The first kappa shape index (κ1) is 19.8. The lowest BCUT2D eigenvalue weighted by Gasteiger charge is -2.19. The third-order valence-corrected chi connectivity index (χ3v) is 6.49. The van der Waals surface area contributed by atoms with E-state index in [-0.39, 0.29) is 10.8 Å². The summed E-state index contributed by atoms with van der Waals surface area (Å²) in [6, 6.07) is 19.8. The molecule has 0 bridgehead atoms. The largest absolute Gasteiger partial charge is 0.486 e. The second-order valence-corrected chi connectivity index (χ2v) is 8.61. The highest BCUT2D eigenvalue weighted by molar-refractivity contribution is 7.92. The van der Waals surface area contributed by atoms with Gasteiger partial charge in [-0.05, 0) is 48.5 Å². The van der Waals surface area contributed by atoms with Crippen molar-refractivity contribution >= 4 is 27.3 Å². The maximum Gasteiger partial charge on any atom is 0.264 e. The molecule has 0 unspecified atom stereocenters. The van der Waals surface area contributed by atoms with E-state index in [2.05, 4.69) is 5.32 Å². The van der Waals surface area contributed by atoms with Crippen molar-refractivity contribution in [1.29, 1.82) is 0 Å². The van der Waals surface area contributed by atoms with Gasteiger partial charge in [-0.3, -0.25) is 9.10 Å². The zero-order valence-corrected chi connectivity index (χ0v) is 17.1. The van der Waals surface area contributed by atoms with E-state index in [0.717, 1.165) is 0 Å². The molecule has 1 aliphatic rings. The molecule has 0 atom stereocenters. The number of nitrogens with one attached hydrogen (secondary N) is 1. The number of rotatable bonds is 5. The number of fused-ring (bicyclic) bond motifs is 1. The highest BCUT2D eigenvalue weighted by atomic mass is 32.2. The van der Waals surface area contributed by atoms with Crippen LogP contribution in [0.2, 0.25) is 0 Å². The van der Waals surface area contributed by atoms with Crippen molar-refractivity contribution in [1.82, 2.24) is 0 Å². The van der Waals surface area contributed by atoms with Gasteiger partial charge >= 0.3 is 0 Å². The molecule has 3 aromatic rings. The molecule has 1 N–H and O–H groups in total. The van der Waals surface area contributed by atoms with Gasteiger partial charge in [-0.1, -0.05) is 18.2 Å². The van der Waals surface area contributed by atoms with Gasteiger partial charge in [-0.25, -0.2) is 8.42 Å². The predicted octanol–water partition coefficient (Wildman–Crippen LogP) is 3.54. The molecule has 0 saturated carbocycles. The van der Waals surface area contributed by atoms with Crippen molar-refractivity contribution in [3.05, 3.63) is 78.4 Å². The van der Waals surface area contributed by atoms with Crippen LogP contribution in [0.3, 0.4) is 0 Å². The molecule has 1 aliphatic heterocycles. The second kappa shape index (κ2) is 8.08. The van der Waals surface area contributed by atoms with Crippen LogP contribution in [0.15, 0.2) is 77.7 Å². The number of amides is 1. The van der Waals surface area contributed by atoms with Crippen molar-refractivity contribution in [2.45, 2.75) is 4.90 Å². The summed E-state index contributed by atoms with van der Waals surface area (Å²) in [6.45, 7) is 0.950. The molecule has 3 aromatic carbocycles. The van der Waals surface area contributed by atoms with E-state index in [0.29, 0.717) is 41.7 Å². The number of carbonyl (C=O) groups is 1. The van der Waals surface area contributed by atoms with Gasteiger partial charge in [0.1, 0.15) is 13.2 Å². The van der Waals surface area contributed by atoms with E-state index < -0.39 is 10.0 Å². The molecule has 8 heteroatoms. The van der Waals surface area contributed by atoms with E-state index in [9.17, 15) is 13.2 Å². The maximum atomic E-state index is 12.8. The van der Waals surface area contributed by atoms with E-state index in [4.69, 9.17) is 9.47 Å². The Balaban J connectivity index is 1.50. The van der Waals surface area contributed by atoms with Crippen LogP contribution in [0.1, 0.15) is 10.4 Å². The fourth-order valence-electron chi connectivity index (χ4n) is 3.04. The van der Waals surface area contributed by atoms with E-state index in [1.54, 1.807) is 42.5 Å². The van der Waals surface area contributed by atoms with E-state index >= 15 is 0 Å². The average molecular weight is 424 g/mol. The molecular formula is C22H20N2O5S. The van der Waals surface area contributed by atoms with Crippen LogP contribution in [0, 0.1) is 0 Å². The Morgan fingerprint density at radius 2 is 1.57 bits per heavy atom. The van der Waals surface area contributed by atoms with Crippen molar-refractivity contribution in [3.63, 3.8) is 0 Å². The quantitative estimate of drug-likeness (QED) is 0.677. The summed E-state index contributed by atoms with van der Waals surface area (Å²) in [7, 11) is -2.24. The van der Waals surface area contributed by atoms with Crippen LogP contribution < -0.4 is 19.1 Å². The van der Waals surface area contributed by atoms with Gasteiger partial charge in [0.2, 0.25) is 0 Å². The molecule has 0 fully saturated rings. The number of hydrogen-bond acceptors (Lipinski definition) is 5. The summed E-state index contributed by atoms with van der Waals surface area (Å²) in [6.07, 6.45) is 0. The Kier molecular flexibility index (Phi) is 5.33. The van der Waals surface area contributed by atoms with Gasteiger partial charge in [0.05, 0.1) is 10.6 Å². The minimum Gasteiger partial charge on any atom is -0.486 e. The zero-order valence-electron chi connectivity index (χ0n) is 16.2. The van der Waals surface area contributed by atoms with Crippen LogP contribution in [-0.4, -0.2) is 34.6 Å². The highest BCUT2D eigenvalue weighted by Crippen LogP contribution is 2.32. The lowest BCUT2D eigenvalue weighted by atomic mass is 10.2. The van der Waals surface area contributed by atoms with Crippen molar-refractivity contribution in [2.75, 3.05) is 29.9 Å². The number of sulfonamides is 1. The van der Waals surface area contributed by atoms with Crippen molar-refractivity contribution < 1.29 is 22.7 Å². The first-order chi connectivity index (χ1) is 14.4. The van der Waals surface area contributed by atoms with Gasteiger partial charge in [0.25, 0.3) is 15.9 Å². The highest BCUT2D eigenvalue weighted by Gasteiger charge is 2.21. The summed E-state index contributed by atoms with van der Waals surface area (Å²) in [4.78, 5) is 12.7. The molecule has 0 saturated heterocycles. The Bertz CT molecular complexity index is 1160. The smallest absolute Gasteiger partial charge is 0.264 e. The first-order valence-electron chi connectivity index (χ1n) is 9.30. The number of carbonyl (C=O) groups excluding carboxylic acids is 1. The fourth-order valence-corrected chi connectivity index (χ4v) is 4.23. The molecule has 0 aliphatic carbocycles. The average Bonchev–Trinajstić information content (AvgIpc) is 2.79. The van der Waals surface area contributed by atoms with Crippen LogP contribution >= 0.6 is 0 Å². The minimum absolute atomic E-state index is 0.102. The Hall–Kier alpha value is -3.52. The number of nitrogens with zero attached hydrogens (tertiary/aromatic N) is 1. The number of hydrogen-bond donors (Lipinski definition) is 1. The molecule has 154 valence electrons. The maximum absolute atomic E-state index is 12.8. The lowest BCUT2D eigenvalue weighted by molar-refractivity contribution is 0.102. The summed E-state index contributed by atoms with van der Waals surface area (Å²) in [5.41, 5.74) is 1.45. The van der Waals surface area contributed by atoms with Crippen molar-refractivity contribution in [3.8, 4) is 11.5 Å². The minimum atomic E-state index is -3.73. The summed E-state index contributed by atoms with van der Waals surface area (Å²) >= 11 is 0. The standard InChI is InChI=1S/C22H20N2O5S/c1-24(18-5-3-2-4-6-18)30(26,27)19-10-7-16(8-11-19)22(25)23-17-9-12-20-21(15-17)29-14-13-28-20/h2-12,15H,13-14H2,1H3,(H,23,25). The van der Waals surface area contributed by atoms with Gasteiger partial charge in [-0.15, -0.1) is 0 Å². The summed E-state index contributed by atoms with van der Waals surface area (Å²) in [5.74, 6) is 0.854. The van der Waals surface area contributed by atoms with Gasteiger partial charge < -0.3 is 14.8 Å². The number of anilines is 2. The molecule has 0 aromatic heterocycles. The monoisotopic (exact) mass is 424 g/mol. The van der Waals surface area contributed by atoms with E-state index in [1.165, 1.54) is 35.6 Å². The van der Waals surface area contributed by atoms with Gasteiger partial charge in [-0.2, -0.15) is 0 Å². The molecule has 0 spiro atoms. The number of ether oxygens (including phenoxy) is 2.